The predicted molar refractivity (Wildman–Crippen MR) is 88.9 cm³/mol. The maximum absolute atomic E-state index is 5.45. The molecule has 3 heteroatoms. The van der Waals surface area contributed by atoms with Gasteiger partial charge in [0.1, 0.15) is 0 Å². The Bertz CT molecular complexity index is 362. The van der Waals surface area contributed by atoms with Crippen LogP contribution in [0.3, 0.4) is 0 Å². The lowest BCUT2D eigenvalue weighted by molar-refractivity contribution is 0.0687. The Labute approximate surface area is 130 Å². The number of nitrogens with one attached hydrogen (secondary N) is 1. The average Bonchev–Trinajstić information content (AvgIpc) is 2.49. The van der Waals surface area contributed by atoms with Crippen LogP contribution in [0.25, 0.3) is 0 Å². The van der Waals surface area contributed by atoms with Gasteiger partial charge in [0.25, 0.3) is 0 Å². The molecule has 0 radical (unpaired) electrons. The molecule has 0 aliphatic carbocycles. The second kappa shape index (κ2) is 10.8. The van der Waals surface area contributed by atoms with Crippen molar-refractivity contribution < 1.29 is 9.47 Å². The minimum absolute atomic E-state index is 0.403. The maximum Gasteiger partial charge on any atom is 0.0700 e. The molecule has 0 fully saturated rings. The van der Waals surface area contributed by atoms with E-state index >= 15 is 0 Å². The summed E-state index contributed by atoms with van der Waals surface area (Å²) in [5, 5.41) is 3.57. The highest BCUT2D eigenvalue weighted by Gasteiger charge is 2.05. The fraction of sp³-hybridized carbons (Fsp3) is 0.667. The van der Waals surface area contributed by atoms with E-state index in [9.17, 15) is 0 Å². The maximum atomic E-state index is 5.45. The van der Waals surface area contributed by atoms with E-state index in [1.54, 1.807) is 7.11 Å². The monoisotopic (exact) mass is 293 g/mol. The number of methoxy groups -OCH3 is 1. The summed E-state index contributed by atoms with van der Waals surface area (Å²) >= 11 is 0. The van der Waals surface area contributed by atoms with Crippen molar-refractivity contribution in [2.24, 2.45) is 0 Å². The molecule has 1 aromatic rings. The summed E-state index contributed by atoms with van der Waals surface area (Å²) in [4.78, 5) is 0. The second-order valence-electron chi connectivity index (χ2n) is 5.81. The number of hydrogen-bond acceptors (Lipinski definition) is 3. The van der Waals surface area contributed by atoms with Crippen LogP contribution in [0.2, 0.25) is 0 Å². The van der Waals surface area contributed by atoms with Gasteiger partial charge in [0, 0.05) is 19.8 Å². The summed E-state index contributed by atoms with van der Waals surface area (Å²) in [5.41, 5.74) is 2.76. The molecule has 0 amide bonds. The molecule has 0 spiro atoms. The molecule has 0 aliphatic rings. The van der Waals surface area contributed by atoms with Crippen molar-refractivity contribution in [1.29, 1.82) is 0 Å². The van der Waals surface area contributed by atoms with Crippen molar-refractivity contribution in [1.82, 2.24) is 5.32 Å². The normalized spacial score (nSPS) is 12.8. The van der Waals surface area contributed by atoms with Gasteiger partial charge in [-0.2, -0.15) is 0 Å². The third kappa shape index (κ3) is 7.60. The van der Waals surface area contributed by atoms with E-state index < -0.39 is 0 Å². The van der Waals surface area contributed by atoms with E-state index in [0.717, 1.165) is 26.0 Å². The molecule has 0 bridgehead atoms. The quantitative estimate of drug-likeness (QED) is 0.628. The van der Waals surface area contributed by atoms with Crippen molar-refractivity contribution in [2.45, 2.75) is 45.6 Å². The van der Waals surface area contributed by atoms with Gasteiger partial charge in [0.05, 0.1) is 13.2 Å². The molecule has 1 atom stereocenters. The standard InChI is InChI=1S/C18H31NO2/c1-15(2)17-7-9-18(10-8-17)16(3)19-11-5-6-12-21-14-13-20-4/h7-10,15-16,19H,5-6,11-14H2,1-4H3. The Morgan fingerprint density at radius 1 is 0.905 bits per heavy atom. The SMILES string of the molecule is COCCOCCCCNC(C)c1ccc(C(C)C)cc1. The molecule has 1 aromatic carbocycles. The van der Waals surface area contributed by atoms with Crippen molar-refractivity contribution in [2.75, 3.05) is 33.5 Å². The van der Waals surface area contributed by atoms with Gasteiger partial charge >= 0.3 is 0 Å². The summed E-state index contributed by atoms with van der Waals surface area (Å²) in [5.74, 6) is 0.598. The van der Waals surface area contributed by atoms with E-state index in [2.05, 4.69) is 50.4 Å². The minimum atomic E-state index is 0.403. The van der Waals surface area contributed by atoms with E-state index in [4.69, 9.17) is 9.47 Å². The summed E-state index contributed by atoms with van der Waals surface area (Å²) < 4.78 is 10.4. The lowest BCUT2D eigenvalue weighted by Crippen LogP contribution is -2.20. The lowest BCUT2D eigenvalue weighted by atomic mass is 9.99. The van der Waals surface area contributed by atoms with Crippen LogP contribution in [0.5, 0.6) is 0 Å². The highest BCUT2D eigenvalue weighted by molar-refractivity contribution is 5.26. The minimum Gasteiger partial charge on any atom is -0.382 e. The van der Waals surface area contributed by atoms with Gasteiger partial charge in [-0.3, -0.25) is 0 Å². The second-order valence-corrected chi connectivity index (χ2v) is 5.81. The largest absolute Gasteiger partial charge is 0.382 e. The van der Waals surface area contributed by atoms with Crippen LogP contribution in [-0.2, 0) is 9.47 Å². The number of unbranched alkanes of at least 4 members (excludes halogenated alkanes) is 1. The number of rotatable bonds is 11. The molecule has 0 heterocycles. The van der Waals surface area contributed by atoms with Gasteiger partial charge in [-0.15, -0.1) is 0 Å². The first-order valence-corrected chi connectivity index (χ1v) is 8.05. The summed E-state index contributed by atoms with van der Waals surface area (Å²) in [6.07, 6.45) is 2.23. The van der Waals surface area contributed by atoms with Gasteiger partial charge < -0.3 is 14.8 Å². The van der Waals surface area contributed by atoms with Crippen LogP contribution in [-0.4, -0.2) is 33.5 Å². The number of benzene rings is 1. The molecule has 1 unspecified atom stereocenters. The number of ether oxygens (including phenoxy) is 2. The first kappa shape index (κ1) is 18.1. The van der Waals surface area contributed by atoms with Crippen molar-refractivity contribution >= 4 is 0 Å². The molecule has 0 aliphatic heterocycles. The van der Waals surface area contributed by atoms with Crippen molar-refractivity contribution in [3.05, 3.63) is 35.4 Å². The van der Waals surface area contributed by atoms with Gasteiger partial charge in [-0.1, -0.05) is 38.1 Å². The third-order valence-corrected chi connectivity index (χ3v) is 3.70. The fourth-order valence-electron chi connectivity index (χ4n) is 2.18. The fourth-order valence-corrected chi connectivity index (χ4v) is 2.18. The zero-order valence-electron chi connectivity index (χ0n) is 14.0. The van der Waals surface area contributed by atoms with Crippen LogP contribution in [0.4, 0.5) is 0 Å². The Hall–Kier alpha value is -0.900. The summed E-state index contributed by atoms with van der Waals surface area (Å²) in [6.45, 7) is 9.91. The molecule has 0 saturated carbocycles. The Morgan fingerprint density at radius 3 is 2.19 bits per heavy atom. The molecule has 0 aromatic heterocycles. The molecule has 0 saturated heterocycles. The first-order chi connectivity index (χ1) is 10.1. The van der Waals surface area contributed by atoms with E-state index in [1.165, 1.54) is 11.1 Å². The van der Waals surface area contributed by atoms with Gasteiger partial charge in [0.15, 0.2) is 0 Å². The van der Waals surface area contributed by atoms with E-state index in [-0.39, 0.29) is 0 Å². The topological polar surface area (TPSA) is 30.5 Å². The summed E-state index contributed by atoms with van der Waals surface area (Å²) in [6, 6.07) is 9.35. The molecule has 3 nitrogen and oxygen atoms in total. The molecule has 1 N–H and O–H groups in total. The van der Waals surface area contributed by atoms with E-state index in [1.807, 2.05) is 0 Å². The Morgan fingerprint density at radius 2 is 1.57 bits per heavy atom. The van der Waals surface area contributed by atoms with Crippen LogP contribution in [0, 0.1) is 0 Å². The van der Waals surface area contributed by atoms with Crippen molar-refractivity contribution in [3.63, 3.8) is 0 Å². The van der Waals surface area contributed by atoms with Gasteiger partial charge in [0.2, 0.25) is 0 Å². The Kier molecular flexibility index (Phi) is 9.31. The average molecular weight is 293 g/mol. The third-order valence-electron chi connectivity index (χ3n) is 3.70. The zero-order chi connectivity index (χ0) is 15.5. The van der Waals surface area contributed by atoms with Crippen LogP contribution in [0.15, 0.2) is 24.3 Å². The first-order valence-electron chi connectivity index (χ1n) is 8.05. The smallest absolute Gasteiger partial charge is 0.0700 e. The van der Waals surface area contributed by atoms with Gasteiger partial charge in [-0.05, 0) is 43.4 Å². The van der Waals surface area contributed by atoms with Crippen LogP contribution >= 0.6 is 0 Å². The molecule has 21 heavy (non-hydrogen) atoms. The molecule has 1 rings (SSSR count). The highest BCUT2D eigenvalue weighted by Crippen LogP contribution is 2.18. The van der Waals surface area contributed by atoms with Gasteiger partial charge in [-0.25, -0.2) is 0 Å². The van der Waals surface area contributed by atoms with Crippen LogP contribution < -0.4 is 5.32 Å². The zero-order valence-corrected chi connectivity index (χ0v) is 14.0. The Balaban J connectivity index is 2.14. The summed E-state index contributed by atoms with van der Waals surface area (Å²) in [7, 11) is 1.70. The lowest BCUT2D eigenvalue weighted by Gasteiger charge is -2.15. The van der Waals surface area contributed by atoms with E-state index in [0.29, 0.717) is 25.2 Å². The van der Waals surface area contributed by atoms with Crippen molar-refractivity contribution in [3.8, 4) is 0 Å². The number of hydrogen-bond donors (Lipinski definition) is 1. The molecular weight excluding hydrogens is 262 g/mol. The molecular formula is C18H31NO2. The predicted octanol–water partition coefficient (Wildman–Crippen LogP) is 3.90. The molecule has 120 valence electrons. The highest BCUT2D eigenvalue weighted by atomic mass is 16.5. The van der Waals surface area contributed by atoms with Crippen LogP contribution in [0.1, 0.15) is 56.7 Å².